The molecule has 0 bridgehead atoms. The Balaban J connectivity index is 1.65. The molecule has 30 heavy (non-hydrogen) atoms. The number of hydrogen-bond acceptors (Lipinski definition) is 6. The van der Waals surface area contributed by atoms with Crippen LogP contribution < -0.4 is 26.1 Å². The van der Waals surface area contributed by atoms with Crippen LogP contribution in [0.1, 0.15) is 29.0 Å². The summed E-state index contributed by atoms with van der Waals surface area (Å²) in [5.41, 5.74) is 7.23. The number of fused-ring (bicyclic) bond motifs is 1. The number of ether oxygens (including phenoxy) is 2. The number of amides is 1. The molecule has 0 aliphatic carbocycles. The Kier molecular flexibility index (Phi) is 5.33. The van der Waals surface area contributed by atoms with Gasteiger partial charge in [0.15, 0.2) is 11.5 Å². The number of aromatic nitrogens is 2. The first-order valence-electron chi connectivity index (χ1n) is 9.19. The summed E-state index contributed by atoms with van der Waals surface area (Å²) in [6.45, 7) is 0.313. The van der Waals surface area contributed by atoms with E-state index in [0.717, 1.165) is 11.1 Å². The molecule has 0 radical (unpaired) electrons. The number of nitrogens with two attached hydrogens (primary N) is 1. The number of carbonyl (C=O) groups excluding carboxylic acids is 1. The van der Waals surface area contributed by atoms with Gasteiger partial charge in [-0.15, -0.1) is 0 Å². The van der Waals surface area contributed by atoms with Gasteiger partial charge in [-0.2, -0.15) is 4.98 Å². The Labute approximate surface area is 177 Å². The maximum Gasteiger partial charge on any atom is 0.258 e. The summed E-state index contributed by atoms with van der Waals surface area (Å²) in [4.78, 5) is 31.2. The highest BCUT2D eigenvalue weighted by molar-refractivity contribution is 6.30. The molecule has 4 N–H and O–H groups in total. The molecule has 8 nitrogen and oxygen atoms in total. The minimum atomic E-state index is -0.485. The number of methoxy groups -OCH3 is 1. The van der Waals surface area contributed by atoms with Crippen molar-refractivity contribution >= 4 is 29.3 Å². The number of nitrogens with one attached hydrogen (secondary N) is 2. The Hall–Kier alpha value is -3.52. The third-order valence-electron chi connectivity index (χ3n) is 4.84. The standard InChI is InChI=1S/C21H19ClN4O4/c1-29-16-8-12(5-6-15(16)30-10-11-3-2-4-13(22)7-11)14-9-17(27)24-19-18(14)20(28)26-21(23)25-19/h2-8,14H,9-10H2,1H3,(H4,23,24,25,26,27,28)/t14-/m0/s1. The molecule has 0 unspecified atom stereocenters. The Morgan fingerprint density at radius 1 is 1.20 bits per heavy atom. The van der Waals surface area contributed by atoms with E-state index in [2.05, 4.69) is 15.3 Å². The van der Waals surface area contributed by atoms with Gasteiger partial charge < -0.3 is 20.5 Å². The summed E-state index contributed by atoms with van der Waals surface area (Å²) in [6.07, 6.45) is 0.105. The van der Waals surface area contributed by atoms with Crippen LogP contribution in [-0.4, -0.2) is 23.0 Å². The normalized spacial score (nSPS) is 15.3. The van der Waals surface area contributed by atoms with Crippen molar-refractivity contribution in [3.05, 3.63) is 74.5 Å². The fraction of sp³-hybridized carbons (Fsp3) is 0.190. The van der Waals surface area contributed by atoms with Gasteiger partial charge in [0, 0.05) is 17.4 Å². The molecule has 3 aromatic rings. The molecule has 0 saturated carbocycles. The van der Waals surface area contributed by atoms with Gasteiger partial charge in [-0.3, -0.25) is 14.6 Å². The summed E-state index contributed by atoms with van der Waals surface area (Å²) in [5, 5.41) is 3.24. The van der Waals surface area contributed by atoms with E-state index >= 15 is 0 Å². The maximum atomic E-state index is 12.5. The fourth-order valence-corrected chi connectivity index (χ4v) is 3.69. The van der Waals surface area contributed by atoms with Gasteiger partial charge in [0.2, 0.25) is 11.9 Å². The van der Waals surface area contributed by atoms with Gasteiger partial charge >= 0.3 is 0 Å². The first-order valence-corrected chi connectivity index (χ1v) is 9.57. The lowest BCUT2D eigenvalue weighted by atomic mass is 9.86. The summed E-state index contributed by atoms with van der Waals surface area (Å²) in [7, 11) is 1.53. The number of carbonyl (C=O) groups is 1. The monoisotopic (exact) mass is 426 g/mol. The molecule has 4 rings (SSSR count). The van der Waals surface area contributed by atoms with Crippen molar-refractivity contribution < 1.29 is 14.3 Å². The highest BCUT2D eigenvalue weighted by atomic mass is 35.5. The van der Waals surface area contributed by atoms with Crippen molar-refractivity contribution in [1.29, 1.82) is 0 Å². The zero-order valence-corrected chi connectivity index (χ0v) is 16.8. The molecular formula is C21H19ClN4O4. The van der Waals surface area contributed by atoms with E-state index in [0.29, 0.717) is 28.7 Å². The number of H-pyrrole nitrogens is 1. The van der Waals surface area contributed by atoms with Crippen LogP contribution in [0.3, 0.4) is 0 Å². The minimum Gasteiger partial charge on any atom is -0.493 e. The van der Waals surface area contributed by atoms with Gasteiger partial charge in [-0.1, -0.05) is 29.8 Å². The topological polar surface area (TPSA) is 119 Å². The summed E-state index contributed by atoms with van der Waals surface area (Å²) >= 11 is 6.01. The van der Waals surface area contributed by atoms with Crippen molar-refractivity contribution in [1.82, 2.24) is 9.97 Å². The lowest BCUT2D eigenvalue weighted by Crippen LogP contribution is -2.31. The number of nitrogen functional groups attached to an aromatic ring is 1. The van der Waals surface area contributed by atoms with E-state index in [-0.39, 0.29) is 29.7 Å². The zero-order valence-electron chi connectivity index (χ0n) is 16.1. The number of nitrogens with zero attached hydrogens (tertiary/aromatic N) is 1. The highest BCUT2D eigenvalue weighted by Crippen LogP contribution is 2.38. The predicted molar refractivity (Wildman–Crippen MR) is 113 cm³/mol. The minimum absolute atomic E-state index is 0.0537. The quantitative estimate of drug-likeness (QED) is 0.576. The second kappa shape index (κ2) is 8.08. The SMILES string of the molecule is COc1cc([C@@H]2CC(=O)Nc3nc(N)[nH]c(=O)c32)ccc1OCc1cccc(Cl)c1. The first-order chi connectivity index (χ1) is 14.4. The smallest absolute Gasteiger partial charge is 0.258 e. The molecule has 2 heterocycles. The molecule has 1 aliphatic heterocycles. The number of rotatable bonds is 5. The molecule has 2 aromatic carbocycles. The van der Waals surface area contributed by atoms with Crippen LogP contribution in [0.4, 0.5) is 11.8 Å². The summed E-state index contributed by atoms with van der Waals surface area (Å²) < 4.78 is 11.4. The second-order valence-corrected chi connectivity index (χ2v) is 7.28. The van der Waals surface area contributed by atoms with E-state index < -0.39 is 5.92 Å². The van der Waals surface area contributed by atoms with Crippen LogP contribution in [0.5, 0.6) is 11.5 Å². The van der Waals surface area contributed by atoms with Crippen LogP contribution in [0.2, 0.25) is 5.02 Å². The first kappa shape index (κ1) is 19.8. The molecule has 1 aromatic heterocycles. The Morgan fingerprint density at radius 3 is 2.80 bits per heavy atom. The number of hydrogen-bond donors (Lipinski definition) is 3. The van der Waals surface area contributed by atoms with Gasteiger partial charge in [0.25, 0.3) is 5.56 Å². The van der Waals surface area contributed by atoms with Crippen molar-refractivity contribution in [3.63, 3.8) is 0 Å². The van der Waals surface area contributed by atoms with Gasteiger partial charge in [-0.05, 0) is 35.4 Å². The van der Waals surface area contributed by atoms with Crippen molar-refractivity contribution in [3.8, 4) is 11.5 Å². The number of anilines is 2. The van der Waals surface area contributed by atoms with Crippen LogP contribution >= 0.6 is 11.6 Å². The Morgan fingerprint density at radius 2 is 2.03 bits per heavy atom. The molecule has 154 valence electrons. The van der Waals surface area contributed by atoms with Gasteiger partial charge in [0.1, 0.15) is 12.4 Å². The van der Waals surface area contributed by atoms with E-state index in [9.17, 15) is 9.59 Å². The predicted octanol–water partition coefficient (Wildman–Crippen LogP) is 3.07. The van der Waals surface area contributed by atoms with E-state index in [1.54, 1.807) is 24.3 Å². The largest absolute Gasteiger partial charge is 0.493 e. The summed E-state index contributed by atoms with van der Waals surface area (Å²) in [5.74, 6) is 0.416. The molecule has 1 atom stereocenters. The van der Waals surface area contributed by atoms with Crippen LogP contribution in [0.25, 0.3) is 0 Å². The average molecular weight is 427 g/mol. The Bertz CT molecular complexity index is 1180. The highest BCUT2D eigenvalue weighted by Gasteiger charge is 2.31. The molecule has 0 spiro atoms. The molecule has 1 aliphatic rings. The number of halogens is 1. The lowest BCUT2D eigenvalue weighted by Gasteiger charge is -2.25. The van der Waals surface area contributed by atoms with Gasteiger partial charge in [-0.25, -0.2) is 0 Å². The van der Waals surface area contributed by atoms with Crippen molar-refractivity contribution in [2.75, 3.05) is 18.2 Å². The third kappa shape index (κ3) is 3.95. The average Bonchev–Trinajstić information content (AvgIpc) is 2.71. The second-order valence-electron chi connectivity index (χ2n) is 6.85. The van der Waals surface area contributed by atoms with E-state index in [4.69, 9.17) is 26.8 Å². The molecular weight excluding hydrogens is 408 g/mol. The van der Waals surface area contributed by atoms with E-state index in [1.165, 1.54) is 7.11 Å². The maximum absolute atomic E-state index is 12.5. The van der Waals surface area contributed by atoms with Crippen molar-refractivity contribution in [2.45, 2.75) is 18.9 Å². The fourth-order valence-electron chi connectivity index (χ4n) is 3.48. The molecule has 1 amide bonds. The zero-order chi connectivity index (χ0) is 21.3. The molecule has 0 fully saturated rings. The van der Waals surface area contributed by atoms with E-state index in [1.807, 2.05) is 18.2 Å². The van der Waals surface area contributed by atoms with Crippen LogP contribution in [0.15, 0.2) is 47.3 Å². The molecule has 9 heteroatoms. The van der Waals surface area contributed by atoms with Crippen molar-refractivity contribution in [2.24, 2.45) is 0 Å². The third-order valence-corrected chi connectivity index (χ3v) is 5.08. The lowest BCUT2D eigenvalue weighted by molar-refractivity contribution is -0.116. The van der Waals surface area contributed by atoms with Crippen LogP contribution in [0, 0.1) is 0 Å². The van der Waals surface area contributed by atoms with Crippen LogP contribution in [-0.2, 0) is 11.4 Å². The summed E-state index contributed by atoms with van der Waals surface area (Å²) in [6, 6.07) is 12.7. The number of aromatic amines is 1. The number of benzene rings is 2. The van der Waals surface area contributed by atoms with Gasteiger partial charge in [0.05, 0.1) is 12.7 Å². The molecule has 0 saturated heterocycles.